The molecule has 0 aliphatic carbocycles. The van der Waals surface area contributed by atoms with E-state index in [1.165, 1.54) is 36.6 Å². The number of rotatable bonds is 8. The number of carbonyl (C=O) groups excluding carboxylic acids is 2. The third kappa shape index (κ3) is 6.44. The van der Waals surface area contributed by atoms with Crippen LogP contribution in [0.3, 0.4) is 0 Å². The van der Waals surface area contributed by atoms with Crippen molar-refractivity contribution < 1.29 is 34.6 Å². The van der Waals surface area contributed by atoms with Gasteiger partial charge in [-0.1, -0.05) is 12.1 Å². The van der Waals surface area contributed by atoms with Gasteiger partial charge < -0.3 is 30.3 Å². The average Bonchev–Trinajstić information content (AvgIpc) is 2.64. The van der Waals surface area contributed by atoms with Gasteiger partial charge in [0.05, 0.1) is 18.1 Å². The summed E-state index contributed by atoms with van der Waals surface area (Å²) in [5.41, 5.74) is 0.725. The van der Waals surface area contributed by atoms with Gasteiger partial charge >= 0.3 is 5.97 Å². The van der Waals surface area contributed by atoms with Gasteiger partial charge in [0.1, 0.15) is 24.5 Å². The van der Waals surface area contributed by atoms with Crippen molar-refractivity contribution in [3.8, 4) is 5.75 Å². The van der Waals surface area contributed by atoms with Crippen LogP contribution in [0.4, 0.5) is 0 Å². The Morgan fingerprint density at radius 1 is 1.26 bits per heavy atom. The second-order valence-electron chi connectivity index (χ2n) is 6.01. The summed E-state index contributed by atoms with van der Waals surface area (Å²) >= 11 is 0. The molecule has 0 saturated carbocycles. The monoisotopic (exact) mass is 372 g/mol. The summed E-state index contributed by atoms with van der Waals surface area (Å²) in [6.07, 6.45) is 7.45. The van der Waals surface area contributed by atoms with E-state index in [1.54, 1.807) is 18.2 Å². The number of phenols is 1. The van der Waals surface area contributed by atoms with E-state index >= 15 is 0 Å². The minimum atomic E-state index is -1.29. The Bertz CT molecular complexity index is 795. The van der Waals surface area contributed by atoms with Crippen molar-refractivity contribution in [3.05, 3.63) is 59.8 Å². The van der Waals surface area contributed by atoms with Gasteiger partial charge in [-0.05, 0) is 35.9 Å². The van der Waals surface area contributed by atoms with Crippen molar-refractivity contribution in [1.82, 2.24) is 5.32 Å². The van der Waals surface area contributed by atoms with E-state index in [-0.39, 0.29) is 17.7 Å². The maximum Gasteiger partial charge on any atom is 0.326 e. The smallest absolute Gasteiger partial charge is 0.326 e. The highest BCUT2D eigenvalue weighted by molar-refractivity contribution is 5.94. The number of phenolic OH excluding ortho intramolecular Hbond substituents is 1. The fraction of sp³-hybridized carbons (Fsp3) is 0.211. The number of carboxylic acid groups (broad SMARTS) is 2. The lowest BCUT2D eigenvalue weighted by atomic mass is 10.1. The van der Waals surface area contributed by atoms with Gasteiger partial charge in [-0.15, -0.1) is 0 Å². The minimum absolute atomic E-state index is 0.0454. The molecule has 4 N–H and O–H groups in total. The van der Waals surface area contributed by atoms with Crippen molar-refractivity contribution in [2.75, 3.05) is 13.1 Å². The van der Waals surface area contributed by atoms with E-state index in [4.69, 9.17) is 0 Å². The van der Waals surface area contributed by atoms with Crippen LogP contribution in [-0.2, 0) is 14.4 Å². The number of hydrogen-bond donors (Lipinski definition) is 4. The molecule has 2 rings (SSSR count). The molecule has 0 radical (unpaired) electrons. The number of nitrogens with one attached hydrogen (secondary N) is 2. The normalized spacial score (nSPS) is 17.3. The average molecular weight is 372 g/mol. The molecule has 2 unspecified atom stereocenters. The Labute approximate surface area is 155 Å². The number of carbonyl (C=O) groups is 3. The molecular formula is C19H20N2O6. The Morgan fingerprint density at radius 3 is 2.59 bits per heavy atom. The summed E-state index contributed by atoms with van der Waals surface area (Å²) < 4.78 is 0. The van der Waals surface area contributed by atoms with E-state index in [2.05, 4.69) is 5.32 Å². The molecule has 1 aliphatic heterocycles. The number of benzene rings is 1. The Kier molecular flexibility index (Phi) is 6.90. The first-order valence-electron chi connectivity index (χ1n) is 8.30. The molecule has 0 fully saturated rings. The number of aliphatic carboxylic acids is 2. The Hall–Kier alpha value is -3.39. The predicted molar refractivity (Wildman–Crippen MR) is 94.3 cm³/mol. The number of hydrogen-bond acceptors (Lipinski definition) is 5. The van der Waals surface area contributed by atoms with Crippen LogP contribution in [0, 0.1) is 0 Å². The van der Waals surface area contributed by atoms with Crippen LogP contribution >= 0.6 is 0 Å². The molecule has 0 aromatic heterocycles. The lowest BCUT2D eigenvalue weighted by Gasteiger charge is -2.20. The standard InChI is InChI=1S/C19H20N2O6/c22-15-6-3-13(4-7-15)5-8-17(23)20-16(19(26)27)9-11-21-10-1-2-14(12-21)18(24)25/h1-8,12,16,22H,9-11H2,(H,20,23)(H,24,25)(H,26,27). The summed E-state index contributed by atoms with van der Waals surface area (Å²) in [4.78, 5) is 35.0. The zero-order chi connectivity index (χ0) is 19.8. The maximum atomic E-state index is 12.0. The minimum Gasteiger partial charge on any atom is -0.545 e. The van der Waals surface area contributed by atoms with Gasteiger partial charge in [0.15, 0.2) is 0 Å². The van der Waals surface area contributed by atoms with Crippen molar-refractivity contribution in [2.24, 2.45) is 0 Å². The molecule has 1 aromatic carbocycles. The van der Waals surface area contributed by atoms with Crippen molar-refractivity contribution in [3.63, 3.8) is 0 Å². The third-order valence-electron chi connectivity index (χ3n) is 3.96. The summed E-state index contributed by atoms with van der Waals surface area (Å²) in [6.45, 7) is 0.859. The molecule has 0 spiro atoms. The van der Waals surface area contributed by atoms with Crippen molar-refractivity contribution >= 4 is 23.9 Å². The van der Waals surface area contributed by atoms with Gasteiger partial charge in [0, 0.05) is 12.5 Å². The summed E-state index contributed by atoms with van der Waals surface area (Å²) in [5, 5.41) is 31.8. The summed E-state index contributed by atoms with van der Waals surface area (Å²) in [7, 11) is 0. The Morgan fingerprint density at radius 2 is 1.96 bits per heavy atom. The van der Waals surface area contributed by atoms with E-state index in [1.807, 2.05) is 0 Å². The number of aromatic hydroxyl groups is 1. The molecule has 8 nitrogen and oxygen atoms in total. The zero-order valence-electron chi connectivity index (χ0n) is 14.4. The molecule has 1 aromatic rings. The van der Waals surface area contributed by atoms with Crippen molar-refractivity contribution in [1.29, 1.82) is 0 Å². The zero-order valence-corrected chi connectivity index (χ0v) is 14.4. The Balaban J connectivity index is 1.90. The first kappa shape index (κ1) is 19.9. The first-order valence-corrected chi connectivity index (χ1v) is 8.30. The van der Waals surface area contributed by atoms with Gasteiger partial charge in [0.2, 0.25) is 5.91 Å². The molecule has 1 amide bonds. The molecule has 2 atom stereocenters. The van der Waals surface area contributed by atoms with E-state index in [0.717, 1.165) is 4.90 Å². The molecule has 142 valence electrons. The van der Waals surface area contributed by atoms with E-state index < -0.39 is 23.9 Å². The number of amides is 1. The van der Waals surface area contributed by atoms with Gasteiger partial charge in [0.25, 0.3) is 0 Å². The van der Waals surface area contributed by atoms with E-state index in [9.17, 15) is 29.7 Å². The quantitative estimate of drug-likeness (QED) is 0.409. The molecule has 8 heteroatoms. The lowest BCUT2D eigenvalue weighted by Crippen LogP contribution is -3.08. The first-order chi connectivity index (χ1) is 12.8. The highest BCUT2D eigenvalue weighted by Gasteiger charge is 2.21. The molecule has 1 heterocycles. The third-order valence-corrected chi connectivity index (χ3v) is 3.96. The molecular weight excluding hydrogens is 352 g/mol. The molecule has 27 heavy (non-hydrogen) atoms. The summed E-state index contributed by atoms with van der Waals surface area (Å²) in [5.74, 6) is -2.91. The fourth-order valence-corrected chi connectivity index (χ4v) is 2.53. The maximum absolute atomic E-state index is 12.0. The van der Waals surface area contributed by atoms with Gasteiger partial charge in [-0.3, -0.25) is 4.79 Å². The second-order valence-corrected chi connectivity index (χ2v) is 6.01. The van der Waals surface area contributed by atoms with Crippen LogP contribution in [0.5, 0.6) is 5.75 Å². The highest BCUT2D eigenvalue weighted by atomic mass is 16.4. The fourth-order valence-electron chi connectivity index (χ4n) is 2.53. The second kappa shape index (κ2) is 9.35. The number of quaternary nitrogens is 1. The van der Waals surface area contributed by atoms with E-state index in [0.29, 0.717) is 18.7 Å². The highest BCUT2D eigenvalue weighted by Crippen LogP contribution is 2.10. The van der Waals surface area contributed by atoms with Crippen molar-refractivity contribution in [2.45, 2.75) is 12.5 Å². The van der Waals surface area contributed by atoms with Crippen LogP contribution in [0.1, 0.15) is 12.0 Å². The van der Waals surface area contributed by atoms with Crippen LogP contribution in [0.2, 0.25) is 0 Å². The largest absolute Gasteiger partial charge is 0.545 e. The molecule has 0 bridgehead atoms. The van der Waals surface area contributed by atoms with Gasteiger partial charge in [-0.2, -0.15) is 0 Å². The summed E-state index contributed by atoms with van der Waals surface area (Å²) in [6, 6.07) is 5.08. The van der Waals surface area contributed by atoms with Gasteiger partial charge in [-0.25, -0.2) is 4.79 Å². The topological polar surface area (TPSA) is 131 Å². The van der Waals surface area contributed by atoms with Crippen LogP contribution in [0.15, 0.2) is 54.3 Å². The van der Waals surface area contributed by atoms with Crippen LogP contribution < -0.4 is 15.3 Å². The van der Waals surface area contributed by atoms with Crippen LogP contribution in [0.25, 0.3) is 6.08 Å². The number of carboxylic acids is 2. The van der Waals surface area contributed by atoms with Crippen LogP contribution in [-0.4, -0.2) is 47.2 Å². The molecule has 0 saturated heterocycles. The SMILES string of the molecule is O=C(C=Cc1ccc(O)cc1)NC(CC[NH+]1C=C(C(=O)[O-])C=CC1)C(=O)O. The lowest BCUT2D eigenvalue weighted by molar-refractivity contribution is -0.841. The predicted octanol–water partition coefficient (Wildman–Crippen LogP) is -1.55. The molecule has 1 aliphatic rings.